The van der Waals surface area contributed by atoms with Crippen molar-refractivity contribution in [3.05, 3.63) is 0 Å². The molecule has 18 heavy (non-hydrogen) atoms. The molecule has 0 aromatic rings. The molecule has 1 nitrogen and oxygen atoms in total. The second-order valence-electron chi connectivity index (χ2n) is 5.43. The maximum atomic E-state index is 3.54. The lowest BCUT2D eigenvalue weighted by Crippen LogP contribution is -2.23. The first kappa shape index (κ1) is 18.3. The van der Waals surface area contributed by atoms with Crippen LogP contribution in [-0.4, -0.2) is 24.6 Å². The smallest absolute Gasteiger partial charge is 0.0141 e. The third-order valence-electron chi connectivity index (χ3n) is 3.54. The van der Waals surface area contributed by atoms with Crippen LogP contribution in [0.5, 0.6) is 0 Å². The number of hydrogen-bond acceptors (Lipinski definition) is 2. The summed E-state index contributed by atoms with van der Waals surface area (Å²) in [4.78, 5) is 0. The van der Waals surface area contributed by atoms with E-state index in [0.29, 0.717) is 0 Å². The van der Waals surface area contributed by atoms with Crippen molar-refractivity contribution in [1.82, 2.24) is 5.32 Å². The number of nitrogens with one attached hydrogen (secondary N) is 1. The van der Waals surface area contributed by atoms with Gasteiger partial charge in [-0.25, -0.2) is 0 Å². The molecular formula is C16H35NS. The summed E-state index contributed by atoms with van der Waals surface area (Å²) in [5, 5.41) is 4.30. The van der Waals surface area contributed by atoms with Crippen LogP contribution in [0.3, 0.4) is 0 Å². The maximum Gasteiger partial charge on any atom is 0.0141 e. The van der Waals surface area contributed by atoms with Gasteiger partial charge in [-0.3, -0.25) is 0 Å². The van der Waals surface area contributed by atoms with Crippen molar-refractivity contribution >= 4 is 11.8 Å². The van der Waals surface area contributed by atoms with Gasteiger partial charge in [0.1, 0.15) is 0 Å². The zero-order valence-corrected chi connectivity index (χ0v) is 13.8. The van der Waals surface area contributed by atoms with E-state index >= 15 is 0 Å². The Kier molecular flexibility index (Phi) is 15.6. The molecule has 0 fully saturated rings. The molecular weight excluding hydrogens is 238 g/mol. The molecule has 0 aromatic carbocycles. The molecule has 1 atom stereocenters. The molecule has 0 aliphatic rings. The van der Waals surface area contributed by atoms with Crippen LogP contribution in [0, 0.1) is 0 Å². The van der Waals surface area contributed by atoms with E-state index in [1.54, 1.807) is 0 Å². The summed E-state index contributed by atoms with van der Waals surface area (Å²) in [7, 11) is 0. The van der Waals surface area contributed by atoms with Crippen LogP contribution in [0.2, 0.25) is 0 Å². The van der Waals surface area contributed by atoms with Gasteiger partial charge < -0.3 is 5.32 Å². The lowest BCUT2D eigenvalue weighted by molar-refractivity contribution is 0.544. The molecule has 0 saturated heterocycles. The molecule has 2 heteroatoms. The van der Waals surface area contributed by atoms with E-state index in [4.69, 9.17) is 0 Å². The molecule has 0 aliphatic carbocycles. The fourth-order valence-corrected chi connectivity index (χ4v) is 2.41. The highest BCUT2D eigenvalue weighted by atomic mass is 32.2. The van der Waals surface area contributed by atoms with Gasteiger partial charge in [-0.1, -0.05) is 71.6 Å². The highest BCUT2D eigenvalue weighted by Crippen LogP contribution is 2.10. The van der Waals surface area contributed by atoms with Gasteiger partial charge in [-0.2, -0.15) is 11.8 Å². The Morgan fingerprint density at radius 1 is 0.833 bits per heavy atom. The minimum atomic E-state index is 0.758. The standard InChI is InChI=1S/C16H35NS/c1-4-5-6-7-8-9-10-11-12-13-14-17-15-16(2)18-3/h16-17H,4-15H2,1-3H3. The summed E-state index contributed by atoms with van der Waals surface area (Å²) in [6.45, 7) is 6.95. The molecule has 0 radical (unpaired) electrons. The molecule has 1 unspecified atom stereocenters. The van der Waals surface area contributed by atoms with Gasteiger partial charge in [0, 0.05) is 11.8 Å². The molecule has 0 saturated carbocycles. The lowest BCUT2D eigenvalue weighted by Gasteiger charge is -2.09. The SMILES string of the molecule is CCCCCCCCCCCCNCC(C)SC. The van der Waals surface area contributed by atoms with Crippen LogP contribution in [0.15, 0.2) is 0 Å². The second kappa shape index (κ2) is 15.4. The van der Waals surface area contributed by atoms with Gasteiger partial charge in [-0.15, -0.1) is 0 Å². The Hall–Kier alpha value is 0.310. The quantitative estimate of drug-likeness (QED) is 0.434. The van der Waals surface area contributed by atoms with Crippen molar-refractivity contribution in [1.29, 1.82) is 0 Å². The lowest BCUT2D eigenvalue weighted by atomic mass is 10.1. The van der Waals surface area contributed by atoms with Crippen molar-refractivity contribution in [2.75, 3.05) is 19.3 Å². The Morgan fingerprint density at radius 2 is 1.33 bits per heavy atom. The monoisotopic (exact) mass is 273 g/mol. The summed E-state index contributed by atoms with van der Waals surface area (Å²) < 4.78 is 0. The first-order chi connectivity index (χ1) is 8.81. The zero-order valence-electron chi connectivity index (χ0n) is 13.0. The van der Waals surface area contributed by atoms with E-state index in [1.807, 2.05) is 11.8 Å². The predicted molar refractivity (Wildman–Crippen MR) is 87.7 cm³/mol. The summed E-state index contributed by atoms with van der Waals surface area (Å²) >= 11 is 1.95. The Balaban J connectivity index is 2.94. The van der Waals surface area contributed by atoms with Crippen molar-refractivity contribution in [2.45, 2.75) is 83.3 Å². The summed E-state index contributed by atoms with van der Waals surface area (Å²) in [5.41, 5.74) is 0. The molecule has 0 bridgehead atoms. The van der Waals surface area contributed by atoms with Crippen LogP contribution in [-0.2, 0) is 0 Å². The average Bonchev–Trinajstić information content (AvgIpc) is 2.39. The third-order valence-corrected chi connectivity index (χ3v) is 4.51. The normalized spacial score (nSPS) is 12.8. The van der Waals surface area contributed by atoms with Gasteiger partial charge in [0.05, 0.1) is 0 Å². The second-order valence-corrected chi connectivity index (χ2v) is 6.71. The number of rotatable bonds is 14. The van der Waals surface area contributed by atoms with E-state index in [-0.39, 0.29) is 0 Å². The Labute approximate surface area is 120 Å². The van der Waals surface area contributed by atoms with E-state index in [2.05, 4.69) is 25.4 Å². The summed E-state index contributed by atoms with van der Waals surface area (Å²) in [5.74, 6) is 0. The van der Waals surface area contributed by atoms with Crippen LogP contribution in [0.1, 0.15) is 78.1 Å². The maximum absolute atomic E-state index is 3.54. The van der Waals surface area contributed by atoms with Crippen LogP contribution in [0.25, 0.3) is 0 Å². The first-order valence-corrected chi connectivity index (χ1v) is 9.33. The topological polar surface area (TPSA) is 12.0 Å². The summed E-state index contributed by atoms with van der Waals surface area (Å²) in [6.07, 6.45) is 16.5. The van der Waals surface area contributed by atoms with Crippen LogP contribution < -0.4 is 5.32 Å². The van der Waals surface area contributed by atoms with E-state index < -0.39 is 0 Å². The molecule has 110 valence electrons. The minimum absolute atomic E-state index is 0.758. The van der Waals surface area contributed by atoms with Crippen LogP contribution >= 0.6 is 11.8 Å². The van der Waals surface area contributed by atoms with E-state index in [9.17, 15) is 0 Å². The first-order valence-electron chi connectivity index (χ1n) is 8.04. The van der Waals surface area contributed by atoms with E-state index in [1.165, 1.54) is 77.3 Å². The van der Waals surface area contributed by atoms with Crippen molar-refractivity contribution in [2.24, 2.45) is 0 Å². The van der Waals surface area contributed by atoms with Gasteiger partial charge in [-0.05, 0) is 19.2 Å². The van der Waals surface area contributed by atoms with Gasteiger partial charge in [0.25, 0.3) is 0 Å². The fraction of sp³-hybridized carbons (Fsp3) is 1.00. The third kappa shape index (κ3) is 14.4. The highest BCUT2D eigenvalue weighted by molar-refractivity contribution is 7.99. The fourth-order valence-electron chi connectivity index (χ4n) is 2.13. The molecule has 1 N–H and O–H groups in total. The van der Waals surface area contributed by atoms with Gasteiger partial charge in [0.2, 0.25) is 0 Å². The predicted octanol–water partition coefficient (Wildman–Crippen LogP) is 5.25. The Bertz CT molecular complexity index is 150. The zero-order chi connectivity index (χ0) is 13.5. The number of unbranched alkanes of at least 4 members (excludes halogenated alkanes) is 9. The molecule has 0 amide bonds. The van der Waals surface area contributed by atoms with Crippen molar-refractivity contribution in [3.63, 3.8) is 0 Å². The Morgan fingerprint density at radius 3 is 1.83 bits per heavy atom. The minimum Gasteiger partial charge on any atom is -0.316 e. The summed E-state index contributed by atoms with van der Waals surface area (Å²) in [6, 6.07) is 0. The molecule has 0 heterocycles. The number of hydrogen-bond donors (Lipinski definition) is 1. The van der Waals surface area contributed by atoms with Crippen molar-refractivity contribution in [3.8, 4) is 0 Å². The number of thioether (sulfide) groups is 1. The van der Waals surface area contributed by atoms with Crippen molar-refractivity contribution < 1.29 is 0 Å². The molecule has 0 spiro atoms. The van der Waals surface area contributed by atoms with E-state index in [0.717, 1.165) is 5.25 Å². The largest absolute Gasteiger partial charge is 0.316 e. The van der Waals surface area contributed by atoms with Gasteiger partial charge in [0.15, 0.2) is 0 Å². The molecule has 0 aliphatic heterocycles. The van der Waals surface area contributed by atoms with Crippen LogP contribution in [0.4, 0.5) is 0 Å². The molecule has 0 aromatic heterocycles. The molecule has 0 rings (SSSR count). The average molecular weight is 274 g/mol. The highest BCUT2D eigenvalue weighted by Gasteiger charge is 1.97. The van der Waals surface area contributed by atoms with Gasteiger partial charge >= 0.3 is 0 Å².